The highest BCUT2D eigenvalue weighted by molar-refractivity contribution is 5.80. The standard InChI is InChI=1S/C18H30N4O/c1-12(2)16-20-14-11-22(10-8-15(14)21(16)4)17(23)13-7-5-6-9-18(13,3)19/h12-13H,5-11,19H2,1-4H3. The Morgan fingerprint density at radius 2 is 2.13 bits per heavy atom. The van der Waals surface area contributed by atoms with Crippen molar-refractivity contribution in [3.05, 3.63) is 17.2 Å². The molecule has 128 valence electrons. The van der Waals surface area contributed by atoms with Gasteiger partial charge in [0, 0.05) is 37.2 Å². The molecule has 1 fully saturated rings. The van der Waals surface area contributed by atoms with Crippen LogP contribution in [0.15, 0.2) is 0 Å². The van der Waals surface area contributed by atoms with E-state index in [0.717, 1.165) is 50.2 Å². The van der Waals surface area contributed by atoms with Crippen LogP contribution in [0.4, 0.5) is 0 Å². The normalized spacial score (nSPS) is 28.1. The minimum Gasteiger partial charge on any atom is -0.336 e. The molecule has 1 aliphatic carbocycles. The van der Waals surface area contributed by atoms with E-state index in [-0.39, 0.29) is 17.4 Å². The SMILES string of the molecule is CC(C)c1nc2c(n1C)CCN(C(=O)C1CCCCC1(C)N)C2. The summed E-state index contributed by atoms with van der Waals surface area (Å²) in [6, 6.07) is 0. The van der Waals surface area contributed by atoms with Crippen molar-refractivity contribution < 1.29 is 4.79 Å². The summed E-state index contributed by atoms with van der Waals surface area (Å²) in [5, 5.41) is 0. The van der Waals surface area contributed by atoms with Crippen molar-refractivity contribution in [2.75, 3.05) is 6.54 Å². The molecule has 2 atom stereocenters. The highest BCUT2D eigenvalue weighted by atomic mass is 16.2. The van der Waals surface area contributed by atoms with Gasteiger partial charge in [0.05, 0.1) is 18.2 Å². The summed E-state index contributed by atoms with van der Waals surface area (Å²) in [7, 11) is 2.09. The number of hydrogen-bond acceptors (Lipinski definition) is 3. The van der Waals surface area contributed by atoms with E-state index in [1.165, 1.54) is 5.69 Å². The van der Waals surface area contributed by atoms with Gasteiger partial charge in [-0.3, -0.25) is 4.79 Å². The van der Waals surface area contributed by atoms with E-state index in [1.54, 1.807) is 0 Å². The number of amides is 1. The largest absolute Gasteiger partial charge is 0.336 e. The minimum absolute atomic E-state index is 0.0360. The summed E-state index contributed by atoms with van der Waals surface area (Å²) in [5.74, 6) is 1.72. The van der Waals surface area contributed by atoms with E-state index in [9.17, 15) is 4.79 Å². The molecule has 1 saturated carbocycles. The van der Waals surface area contributed by atoms with Crippen LogP contribution in [0.25, 0.3) is 0 Å². The average molecular weight is 318 g/mol. The molecule has 2 unspecified atom stereocenters. The Labute approximate surface area is 139 Å². The van der Waals surface area contributed by atoms with E-state index in [1.807, 2.05) is 11.8 Å². The van der Waals surface area contributed by atoms with Crippen molar-refractivity contribution >= 4 is 5.91 Å². The Balaban J connectivity index is 1.79. The van der Waals surface area contributed by atoms with Crippen LogP contribution < -0.4 is 5.73 Å². The summed E-state index contributed by atoms with van der Waals surface area (Å²) in [6.07, 6.45) is 5.02. The van der Waals surface area contributed by atoms with Gasteiger partial charge in [-0.25, -0.2) is 4.98 Å². The first-order chi connectivity index (χ1) is 10.8. The van der Waals surface area contributed by atoms with E-state index in [4.69, 9.17) is 10.7 Å². The van der Waals surface area contributed by atoms with Crippen LogP contribution in [0.1, 0.15) is 69.6 Å². The fraction of sp³-hybridized carbons (Fsp3) is 0.778. The molecule has 23 heavy (non-hydrogen) atoms. The van der Waals surface area contributed by atoms with Crippen molar-refractivity contribution in [2.24, 2.45) is 18.7 Å². The predicted molar refractivity (Wildman–Crippen MR) is 91.0 cm³/mol. The maximum atomic E-state index is 13.0. The maximum absolute atomic E-state index is 13.0. The maximum Gasteiger partial charge on any atom is 0.227 e. The van der Waals surface area contributed by atoms with Gasteiger partial charge < -0.3 is 15.2 Å². The fourth-order valence-electron chi connectivity index (χ4n) is 4.24. The predicted octanol–water partition coefficient (Wildman–Crippen LogP) is 2.34. The third kappa shape index (κ3) is 2.91. The van der Waals surface area contributed by atoms with E-state index in [0.29, 0.717) is 12.5 Å². The molecule has 2 N–H and O–H groups in total. The van der Waals surface area contributed by atoms with Crippen LogP contribution in [0.3, 0.4) is 0 Å². The monoisotopic (exact) mass is 318 g/mol. The quantitative estimate of drug-likeness (QED) is 0.910. The number of fused-ring (bicyclic) bond motifs is 1. The zero-order valence-corrected chi connectivity index (χ0v) is 14.9. The third-order valence-corrected chi connectivity index (χ3v) is 5.67. The van der Waals surface area contributed by atoms with Crippen molar-refractivity contribution in [1.82, 2.24) is 14.5 Å². The second-order valence-electron chi connectivity index (χ2n) is 7.89. The van der Waals surface area contributed by atoms with Crippen molar-refractivity contribution in [3.63, 3.8) is 0 Å². The molecule has 1 aromatic heterocycles. The number of rotatable bonds is 2. The number of carbonyl (C=O) groups excluding carboxylic acids is 1. The lowest BCUT2D eigenvalue weighted by Crippen LogP contribution is -2.54. The molecule has 2 heterocycles. The van der Waals surface area contributed by atoms with Gasteiger partial charge in [-0.2, -0.15) is 0 Å². The van der Waals surface area contributed by atoms with E-state index >= 15 is 0 Å². The molecular weight excluding hydrogens is 288 g/mol. The highest BCUT2D eigenvalue weighted by Gasteiger charge is 2.40. The Morgan fingerprint density at radius 3 is 2.78 bits per heavy atom. The first kappa shape index (κ1) is 16.5. The van der Waals surface area contributed by atoms with Gasteiger partial charge in [-0.15, -0.1) is 0 Å². The number of carbonyl (C=O) groups is 1. The average Bonchev–Trinajstić information content (AvgIpc) is 2.83. The van der Waals surface area contributed by atoms with Gasteiger partial charge in [0.2, 0.25) is 5.91 Å². The smallest absolute Gasteiger partial charge is 0.227 e. The lowest BCUT2D eigenvalue weighted by molar-refractivity contribution is -0.140. The van der Waals surface area contributed by atoms with Crippen LogP contribution in [0.2, 0.25) is 0 Å². The first-order valence-electron chi connectivity index (χ1n) is 8.93. The van der Waals surface area contributed by atoms with Crippen LogP contribution in [-0.2, 0) is 24.8 Å². The minimum atomic E-state index is -0.358. The van der Waals surface area contributed by atoms with Crippen molar-refractivity contribution in [1.29, 1.82) is 0 Å². The van der Waals surface area contributed by atoms with Crippen LogP contribution in [0, 0.1) is 5.92 Å². The van der Waals surface area contributed by atoms with Crippen molar-refractivity contribution in [3.8, 4) is 0 Å². The molecule has 5 nitrogen and oxygen atoms in total. The van der Waals surface area contributed by atoms with Gasteiger partial charge >= 0.3 is 0 Å². The van der Waals surface area contributed by atoms with E-state index in [2.05, 4.69) is 25.5 Å². The summed E-state index contributed by atoms with van der Waals surface area (Å²) >= 11 is 0. The Morgan fingerprint density at radius 1 is 1.39 bits per heavy atom. The topological polar surface area (TPSA) is 64.2 Å². The van der Waals surface area contributed by atoms with Gasteiger partial charge in [0.25, 0.3) is 0 Å². The van der Waals surface area contributed by atoms with E-state index < -0.39 is 0 Å². The molecule has 5 heteroatoms. The third-order valence-electron chi connectivity index (χ3n) is 5.67. The number of hydrogen-bond donors (Lipinski definition) is 1. The lowest BCUT2D eigenvalue weighted by Gasteiger charge is -2.40. The van der Waals surface area contributed by atoms with Crippen LogP contribution in [-0.4, -0.2) is 32.4 Å². The molecular formula is C18H30N4O. The zero-order chi connectivity index (χ0) is 16.8. The molecule has 0 bridgehead atoms. The summed E-state index contributed by atoms with van der Waals surface area (Å²) in [4.78, 5) is 19.8. The van der Waals surface area contributed by atoms with Gasteiger partial charge in [-0.1, -0.05) is 26.7 Å². The molecule has 0 radical (unpaired) electrons. The molecule has 0 saturated heterocycles. The van der Waals surface area contributed by atoms with Gasteiger partial charge in [-0.05, 0) is 19.8 Å². The summed E-state index contributed by atoms with van der Waals surface area (Å²) in [5.41, 5.74) is 8.43. The van der Waals surface area contributed by atoms with Crippen LogP contribution in [0.5, 0.6) is 0 Å². The number of imidazole rings is 1. The Hall–Kier alpha value is -1.36. The second-order valence-corrected chi connectivity index (χ2v) is 7.89. The second kappa shape index (κ2) is 5.93. The number of nitrogens with zero attached hydrogens (tertiary/aromatic N) is 3. The number of aromatic nitrogens is 2. The number of nitrogens with two attached hydrogens (primary N) is 1. The molecule has 1 aliphatic heterocycles. The Kier molecular flexibility index (Phi) is 4.25. The molecule has 2 aliphatic rings. The van der Waals surface area contributed by atoms with Crippen molar-refractivity contribution in [2.45, 2.75) is 70.9 Å². The fourth-order valence-corrected chi connectivity index (χ4v) is 4.24. The summed E-state index contributed by atoms with van der Waals surface area (Å²) < 4.78 is 2.22. The highest BCUT2D eigenvalue weighted by Crippen LogP contribution is 2.34. The van der Waals surface area contributed by atoms with Gasteiger partial charge in [0.15, 0.2) is 0 Å². The lowest BCUT2D eigenvalue weighted by atomic mass is 9.74. The molecule has 3 rings (SSSR count). The first-order valence-corrected chi connectivity index (χ1v) is 8.93. The molecule has 1 amide bonds. The zero-order valence-electron chi connectivity index (χ0n) is 14.9. The van der Waals surface area contributed by atoms with Gasteiger partial charge in [0.1, 0.15) is 5.82 Å². The molecule has 1 aromatic rings. The molecule has 0 spiro atoms. The molecule has 0 aromatic carbocycles. The van der Waals surface area contributed by atoms with Crippen LogP contribution >= 0.6 is 0 Å². The Bertz CT molecular complexity index is 602. The summed E-state index contributed by atoms with van der Waals surface area (Å²) in [6.45, 7) is 7.80.